The van der Waals surface area contributed by atoms with Crippen LogP contribution in [0.3, 0.4) is 0 Å². The highest BCUT2D eigenvalue weighted by molar-refractivity contribution is 7.19. The Kier molecular flexibility index (Phi) is 5.84. The lowest BCUT2D eigenvalue weighted by molar-refractivity contribution is -0.0865. The molecule has 1 aromatic carbocycles. The molecule has 184 valence electrons. The summed E-state index contributed by atoms with van der Waals surface area (Å²) in [6.07, 6.45) is 6.65. The van der Waals surface area contributed by atoms with Crippen LogP contribution in [0.4, 0.5) is 17.2 Å². The maximum atomic E-state index is 9.70. The third kappa shape index (κ3) is 4.14. The molecule has 3 aromatic heterocycles. The molecular formula is C25H31N7O2S. The first-order chi connectivity index (χ1) is 17.0. The van der Waals surface area contributed by atoms with E-state index in [9.17, 15) is 10.2 Å². The molecule has 2 aliphatic rings. The second kappa shape index (κ2) is 9.02. The van der Waals surface area contributed by atoms with Gasteiger partial charge in [-0.2, -0.15) is 5.10 Å². The maximum absolute atomic E-state index is 9.70. The first-order valence-corrected chi connectivity index (χ1v) is 13.1. The summed E-state index contributed by atoms with van der Waals surface area (Å²) in [7, 11) is 4.32. The number of hydrogen-bond donors (Lipinski definition) is 4. The molecule has 1 aliphatic heterocycles. The molecule has 1 aliphatic carbocycles. The summed E-state index contributed by atoms with van der Waals surface area (Å²) in [6, 6.07) is 4.95. The number of aromatic amines is 1. The van der Waals surface area contributed by atoms with Crippen molar-refractivity contribution in [2.75, 3.05) is 37.4 Å². The highest BCUT2D eigenvalue weighted by Crippen LogP contribution is 2.42. The third-order valence-electron chi connectivity index (χ3n) is 7.65. The van der Waals surface area contributed by atoms with Crippen LogP contribution < -0.4 is 10.2 Å². The van der Waals surface area contributed by atoms with Gasteiger partial charge in [-0.15, -0.1) is 11.3 Å². The van der Waals surface area contributed by atoms with Gasteiger partial charge >= 0.3 is 0 Å². The summed E-state index contributed by atoms with van der Waals surface area (Å²) >= 11 is 1.64. The van der Waals surface area contributed by atoms with Gasteiger partial charge in [0.05, 0.1) is 28.5 Å². The molecule has 4 aromatic rings. The third-order valence-corrected chi connectivity index (χ3v) is 8.81. The molecule has 4 heterocycles. The lowest BCUT2D eigenvalue weighted by Crippen LogP contribution is -2.42. The minimum Gasteiger partial charge on any atom is -0.370 e. The zero-order chi connectivity index (χ0) is 24.1. The van der Waals surface area contributed by atoms with Crippen molar-refractivity contribution >= 4 is 49.6 Å². The van der Waals surface area contributed by atoms with Crippen LogP contribution >= 0.6 is 11.3 Å². The number of anilines is 3. The summed E-state index contributed by atoms with van der Waals surface area (Å²) in [6.45, 7) is 1.99. The van der Waals surface area contributed by atoms with Gasteiger partial charge in [0, 0.05) is 35.3 Å². The normalized spacial score (nSPS) is 19.3. The Labute approximate surface area is 207 Å². The van der Waals surface area contributed by atoms with Gasteiger partial charge in [-0.25, -0.2) is 9.97 Å². The molecule has 10 heteroatoms. The molecular weight excluding hydrogens is 462 g/mol. The Bertz CT molecular complexity index is 1360. The van der Waals surface area contributed by atoms with Crippen LogP contribution in [0.25, 0.3) is 21.1 Å². The van der Waals surface area contributed by atoms with Crippen LogP contribution in [0.1, 0.15) is 29.7 Å². The number of aliphatic hydroxyl groups excluding tert-OH is 1. The predicted octanol–water partition coefficient (Wildman–Crippen LogP) is 3.26. The van der Waals surface area contributed by atoms with E-state index >= 15 is 0 Å². The number of aromatic nitrogens is 4. The first-order valence-electron chi connectivity index (χ1n) is 12.2. The molecule has 4 N–H and O–H groups in total. The summed E-state index contributed by atoms with van der Waals surface area (Å²) in [5, 5.41) is 32.5. The van der Waals surface area contributed by atoms with E-state index in [2.05, 4.69) is 61.5 Å². The number of thiophene rings is 1. The highest BCUT2D eigenvalue weighted by atomic mass is 32.1. The quantitative estimate of drug-likeness (QED) is 0.313. The fourth-order valence-electron chi connectivity index (χ4n) is 5.58. The first kappa shape index (κ1) is 22.7. The highest BCUT2D eigenvalue weighted by Gasteiger charge is 2.29. The van der Waals surface area contributed by atoms with Crippen molar-refractivity contribution in [1.82, 2.24) is 25.1 Å². The maximum Gasteiger partial charge on any atom is 0.154 e. The smallest absolute Gasteiger partial charge is 0.154 e. The van der Waals surface area contributed by atoms with Crippen molar-refractivity contribution in [2.24, 2.45) is 5.92 Å². The van der Waals surface area contributed by atoms with Gasteiger partial charge in [-0.1, -0.05) is 0 Å². The average Bonchev–Trinajstić information content (AvgIpc) is 3.47. The van der Waals surface area contributed by atoms with E-state index in [1.807, 2.05) is 6.20 Å². The number of nitrogens with zero attached hydrogens (tertiary/aromatic N) is 5. The lowest BCUT2D eigenvalue weighted by Gasteiger charge is -2.37. The van der Waals surface area contributed by atoms with Crippen LogP contribution in [0.5, 0.6) is 0 Å². The van der Waals surface area contributed by atoms with E-state index in [-0.39, 0.29) is 5.92 Å². The van der Waals surface area contributed by atoms with Gasteiger partial charge in [-0.05, 0) is 63.9 Å². The molecule has 1 fully saturated rings. The van der Waals surface area contributed by atoms with E-state index in [0.29, 0.717) is 12.5 Å². The molecule has 0 amide bonds. The Morgan fingerprint density at radius 1 is 1.17 bits per heavy atom. The van der Waals surface area contributed by atoms with Crippen molar-refractivity contribution < 1.29 is 10.2 Å². The molecule has 0 bridgehead atoms. The predicted molar refractivity (Wildman–Crippen MR) is 139 cm³/mol. The number of H-pyrrole nitrogens is 1. The van der Waals surface area contributed by atoms with Crippen LogP contribution in [-0.4, -0.2) is 74.8 Å². The van der Waals surface area contributed by atoms with Gasteiger partial charge in [0.15, 0.2) is 6.29 Å². The molecule has 1 saturated heterocycles. The molecule has 0 saturated carbocycles. The number of piperidine rings is 1. The van der Waals surface area contributed by atoms with Crippen molar-refractivity contribution in [3.05, 3.63) is 35.1 Å². The van der Waals surface area contributed by atoms with Gasteiger partial charge < -0.3 is 25.3 Å². The minimum absolute atomic E-state index is 0.125. The van der Waals surface area contributed by atoms with Crippen molar-refractivity contribution in [3.63, 3.8) is 0 Å². The van der Waals surface area contributed by atoms with Gasteiger partial charge in [0.2, 0.25) is 0 Å². The van der Waals surface area contributed by atoms with Crippen LogP contribution in [0.2, 0.25) is 0 Å². The molecule has 35 heavy (non-hydrogen) atoms. The van der Waals surface area contributed by atoms with Gasteiger partial charge in [-0.3, -0.25) is 5.10 Å². The molecule has 6 rings (SSSR count). The Morgan fingerprint density at radius 2 is 2.00 bits per heavy atom. The van der Waals surface area contributed by atoms with E-state index in [1.165, 1.54) is 10.4 Å². The molecule has 0 radical (unpaired) electrons. The number of benzene rings is 1. The monoisotopic (exact) mass is 493 g/mol. The van der Waals surface area contributed by atoms with Crippen molar-refractivity contribution in [1.29, 1.82) is 0 Å². The van der Waals surface area contributed by atoms with Gasteiger partial charge in [0.25, 0.3) is 0 Å². The van der Waals surface area contributed by atoms with E-state index in [4.69, 9.17) is 0 Å². The summed E-state index contributed by atoms with van der Waals surface area (Å²) in [4.78, 5) is 16.1. The zero-order valence-electron chi connectivity index (χ0n) is 20.0. The van der Waals surface area contributed by atoms with E-state index < -0.39 is 6.29 Å². The van der Waals surface area contributed by atoms with Crippen LogP contribution in [0.15, 0.2) is 24.7 Å². The Balaban J connectivity index is 1.38. The fourth-order valence-corrected chi connectivity index (χ4v) is 6.86. The fraction of sp³-hybridized carbons (Fsp3) is 0.480. The molecule has 1 unspecified atom stereocenters. The van der Waals surface area contributed by atoms with Gasteiger partial charge in [0.1, 0.15) is 17.0 Å². The Hall–Kier alpha value is -2.79. The largest absolute Gasteiger partial charge is 0.370 e. The number of hydrogen-bond acceptors (Lipinski definition) is 9. The lowest BCUT2D eigenvalue weighted by atomic mass is 9.87. The number of fused-ring (bicyclic) bond motifs is 4. The van der Waals surface area contributed by atoms with E-state index in [1.54, 1.807) is 17.7 Å². The van der Waals surface area contributed by atoms with Crippen molar-refractivity contribution in [3.8, 4) is 0 Å². The summed E-state index contributed by atoms with van der Waals surface area (Å²) < 4.78 is 0. The second-order valence-electron chi connectivity index (χ2n) is 9.96. The number of rotatable bonds is 5. The average molecular weight is 494 g/mol. The topological polar surface area (TPSA) is 113 Å². The van der Waals surface area contributed by atoms with Crippen LogP contribution in [-0.2, 0) is 12.8 Å². The Morgan fingerprint density at radius 3 is 2.77 bits per heavy atom. The summed E-state index contributed by atoms with van der Waals surface area (Å²) in [5.74, 6) is 0.683. The van der Waals surface area contributed by atoms with Crippen LogP contribution in [0, 0.1) is 5.92 Å². The molecule has 0 spiro atoms. The molecule has 9 nitrogen and oxygen atoms in total. The zero-order valence-corrected chi connectivity index (χ0v) is 20.8. The van der Waals surface area contributed by atoms with Crippen molar-refractivity contribution in [2.45, 2.75) is 44.4 Å². The minimum atomic E-state index is -1.28. The number of aryl methyl sites for hydroxylation is 1. The second-order valence-corrected chi connectivity index (χ2v) is 11.0. The molecule has 1 atom stereocenters. The number of nitrogens with one attached hydrogen (secondary N) is 2. The number of aliphatic hydroxyl groups is 2. The SMILES string of the molecule is CN(C)C1CCN(c2cc3[nH]ncc3cc2Nc2ncnc3sc4c(c23)CCC(C(O)O)C4)CC1. The standard InChI is InChI=1S/C25H31N7O2S/c1-31(2)16-5-7-32(8-6-16)20-11-18-15(12-28-30-18)9-19(20)29-23-22-17-4-3-14(25(33)34)10-21(17)35-24(22)27-13-26-23/h9,11-14,16,25,33-34H,3-8,10H2,1-2H3,(H,28,30)(H,26,27,29). The van der Waals surface area contributed by atoms with E-state index in [0.717, 1.165) is 77.1 Å². The summed E-state index contributed by atoms with van der Waals surface area (Å²) in [5.41, 5.74) is 4.43.